The second-order valence-corrected chi connectivity index (χ2v) is 7.71. The van der Waals surface area contributed by atoms with Gasteiger partial charge in [0, 0.05) is 19.1 Å². The highest BCUT2D eigenvalue weighted by atomic mass is 35.5. The first-order valence-corrected chi connectivity index (χ1v) is 9.20. The molecule has 1 aliphatic rings. The van der Waals surface area contributed by atoms with E-state index in [-0.39, 0.29) is 30.3 Å². The smallest absolute Gasteiger partial charge is 0.387 e. The van der Waals surface area contributed by atoms with E-state index in [9.17, 15) is 18.7 Å². The van der Waals surface area contributed by atoms with E-state index in [2.05, 4.69) is 15.0 Å². The third-order valence-corrected chi connectivity index (χ3v) is 4.91. The van der Waals surface area contributed by atoms with Gasteiger partial charge in [-0.05, 0) is 38.8 Å². The predicted molar refractivity (Wildman–Crippen MR) is 102 cm³/mol. The number of fused-ring (bicyclic) bond motifs is 1. The monoisotopic (exact) mass is 416 g/mol. The molecule has 2 aromatic rings. The van der Waals surface area contributed by atoms with Gasteiger partial charge in [0.1, 0.15) is 5.75 Å². The highest BCUT2D eigenvalue weighted by Crippen LogP contribution is 2.31. The number of alkyl halides is 2. The second-order valence-electron chi connectivity index (χ2n) is 7.30. The summed E-state index contributed by atoms with van der Waals surface area (Å²) in [7, 11) is 0. The number of hydrogen-bond acceptors (Lipinski definition) is 5. The number of benzene rings is 1. The lowest BCUT2D eigenvalue weighted by atomic mass is 9.93. The molecule has 0 spiro atoms. The molecule has 6 nitrogen and oxygen atoms in total. The van der Waals surface area contributed by atoms with Crippen molar-refractivity contribution in [3.63, 3.8) is 0 Å². The van der Waals surface area contributed by atoms with Crippen molar-refractivity contribution in [3.8, 4) is 5.75 Å². The fourth-order valence-corrected chi connectivity index (χ4v) is 3.35. The van der Waals surface area contributed by atoms with Gasteiger partial charge in [0.2, 0.25) is 0 Å². The molecule has 2 atom stereocenters. The molecule has 0 aliphatic carbocycles. The molecule has 1 aromatic heterocycles. The molecule has 2 N–H and O–H groups in total. The Morgan fingerprint density at radius 2 is 2.18 bits per heavy atom. The van der Waals surface area contributed by atoms with E-state index in [1.807, 2.05) is 0 Å². The number of halogens is 3. The van der Waals surface area contributed by atoms with Gasteiger partial charge >= 0.3 is 6.61 Å². The van der Waals surface area contributed by atoms with Gasteiger partial charge in [-0.2, -0.15) is 8.78 Å². The number of amides is 1. The molecule has 9 heteroatoms. The minimum Gasteiger partial charge on any atom is -0.433 e. The van der Waals surface area contributed by atoms with Gasteiger partial charge in [0.05, 0.1) is 40.5 Å². The largest absolute Gasteiger partial charge is 0.433 e. The van der Waals surface area contributed by atoms with Crippen molar-refractivity contribution in [3.05, 3.63) is 35.0 Å². The normalized spacial score (nSPS) is 20.4. The fourth-order valence-electron chi connectivity index (χ4n) is 3.13. The molecule has 2 heterocycles. The zero-order valence-electron chi connectivity index (χ0n) is 15.4. The van der Waals surface area contributed by atoms with Crippen molar-refractivity contribution in [2.75, 3.05) is 6.61 Å². The Bertz CT molecular complexity index is 871. The molecule has 1 amide bonds. The molecule has 0 unspecified atom stereocenters. The van der Waals surface area contributed by atoms with Crippen LogP contribution in [0, 0.1) is 0 Å². The zero-order chi connectivity index (χ0) is 20.5. The van der Waals surface area contributed by atoms with Gasteiger partial charge in [-0.3, -0.25) is 9.78 Å². The first kappa shape index (κ1) is 20.7. The van der Waals surface area contributed by atoms with E-state index in [4.69, 9.17) is 16.3 Å². The van der Waals surface area contributed by atoms with Gasteiger partial charge in [-0.1, -0.05) is 11.6 Å². The van der Waals surface area contributed by atoms with E-state index >= 15 is 0 Å². The number of nitrogens with one attached hydrogen (secondary N) is 1. The molecule has 1 fully saturated rings. The van der Waals surface area contributed by atoms with Gasteiger partial charge in [0.25, 0.3) is 5.91 Å². The van der Waals surface area contributed by atoms with Crippen LogP contribution in [0.15, 0.2) is 24.4 Å². The van der Waals surface area contributed by atoms with Gasteiger partial charge in [0.15, 0.2) is 0 Å². The maximum absolute atomic E-state index is 12.5. The molecule has 28 heavy (non-hydrogen) atoms. The van der Waals surface area contributed by atoms with Gasteiger partial charge in [-0.15, -0.1) is 0 Å². The third kappa shape index (κ3) is 4.87. The van der Waals surface area contributed by atoms with Crippen molar-refractivity contribution < 1.29 is 29.6 Å². The molecule has 1 aromatic carbocycles. The molecule has 0 saturated carbocycles. The molecule has 0 radical (unpaired) electrons. The molecule has 154 valence electrons. The van der Waals surface area contributed by atoms with Crippen LogP contribution in [0.1, 0.15) is 38.5 Å². The van der Waals surface area contributed by atoms with Crippen LogP contribution < -0.4 is 10.1 Å². The van der Waals surface area contributed by atoms with E-state index in [1.165, 1.54) is 18.3 Å². The van der Waals surface area contributed by atoms with Crippen LogP contribution >= 0.6 is 11.6 Å². The predicted octanol–water partition coefficient (Wildman–Crippen LogP) is 3.78. The number of aromatic nitrogens is 1. The SMILES string of the molecule is CC(C)(O)[C@@H]1CC[C@@H](NC(=O)c2cnc3cc(OC(F)F)c(Cl)cc3c2)CO1.[HH]. The summed E-state index contributed by atoms with van der Waals surface area (Å²) in [4.78, 5) is 16.7. The summed E-state index contributed by atoms with van der Waals surface area (Å²) in [5.41, 5.74) is -0.232. The quantitative estimate of drug-likeness (QED) is 0.775. The third-order valence-electron chi connectivity index (χ3n) is 4.61. The number of aliphatic hydroxyl groups is 1. The first-order chi connectivity index (χ1) is 13.1. The zero-order valence-corrected chi connectivity index (χ0v) is 16.2. The number of nitrogens with zero attached hydrogens (tertiary/aromatic N) is 1. The number of hydrogen-bond donors (Lipinski definition) is 2. The topological polar surface area (TPSA) is 80.7 Å². The summed E-state index contributed by atoms with van der Waals surface area (Å²) in [6.45, 7) is 0.705. The summed E-state index contributed by atoms with van der Waals surface area (Å²) in [6, 6.07) is 4.14. The Morgan fingerprint density at radius 1 is 1.43 bits per heavy atom. The summed E-state index contributed by atoms with van der Waals surface area (Å²) in [6.07, 6.45) is 2.41. The number of ether oxygens (including phenoxy) is 2. The molecular formula is C19H23ClF2N2O4. The summed E-state index contributed by atoms with van der Waals surface area (Å²) in [5, 5.41) is 13.4. The Morgan fingerprint density at radius 3 is 2.79 bits per heavy atom. The molecule has 3 rings (SSSR count). The van der Waals surface area contributed by atoms with E-state index in [1.54, 1.807) is 19.9 Å². The minimum absolute atomic E-state index is 0. The summed E-state index contributed by atoms with van der Waals surface area (Å²) in [5.74, 6) is -0.497. The molecule has 0 bridgehead atoms. The standard InChI is InChI=1S/C19H21ClF2N2O4.H2/c1-19(2,26)16-4-3-12(9-27-16)24-17(25)11-5-10-6-13(20)15(28-18(21)22)7-14(10)23-8-11;/h5-8,12,16,18,26H,3-4,9H2,1-2H3,(H,24,25);1H/t12-,16+;/m1./s1. The minimum atomic E-state index is -2.99. The van der Waals surface area contributed by atoms with Gasteiger partial charge in [-0.25, -0.2) is 0 Å². The lowest BCUT2D eigenvalue weighted by molar-refractivity contribution is -0.114. The highest BCUT2D eigenvalue weighted by Gasteiger charge is 2.32. The van der Waals surface area contributed by atoms with Crippen LogP contribution in [0.4, 0.5) is 8.78 Å². The Labute approximate surface area is 167 Å². The average Bonchev–Trinajstić information content (AvgIpc) is 2.61. The van der Waals surface area contributed by atoms with Crippen molar-refractivity contribution in [1.82, 2.24) is 10.3 Å². The maximum Gasteiger partial charge on any atom is 0.387 e. The van der Waals surface area contributed by atoms with Crippen LogP contribution in [0.2, 0.25) is 5.02 Å². The number of rotatable bonds is 5. The van der Waals surface area contributed by atoms with Crippen LogP contribution in [-0.4, -0.2) is 47.0 Å². The molecule has 1 saturated heterocycles. The summed E-state index contributed by atoms with van der Waals surface area (Å²) < 4.78 is 34.8. The lowest BCUT2D eigenvalue weighted by Gasteiger charge is -2.36. The van der Waals surface area contributed by atoms with Crippen LogP contribution in [0.5, 0.6) is 5.75 Å². The van der Waals surface area contributed by atoms with Gasteiger partial charge < -0.3 is 19.9 Å². The number of carbonyl (C=O) groups excluding carboxylic acids is 1. The molecule has 1 aliphatic heterocycles. The average molecular weight is 417 g/mol. The maximum atomic E-state index is 12.5. The summed E-state index contributed by atoms with van der Waals surface area (Å²) >= 11 is 5.96. The Hall–Kier alpha value is -2.03. The highest BCUT2D eigenvalue weighted by molar-refractivity contribution is 6.32. The van der Waals surface area contributed by atoms with Crippen molar-refractivity contribution in [2.24, 2.45) is 0 Å². The molecular weight excluding hydrogens is 394 g/mol. The van der Waals surface area contributed by atoms with Crippen LogP contribution in [-0.2, 0) is 4.74 Å². The van der Waals surface area contributed by atoms with Crippen LogP contribution in [0.25, 0.3) is 10.9 Å². The van der Waals surface area contributed by atoms with Crippen molar-refractivity contribution in [1.29, 1.82) is 0 Å². The van der Waals surface area contributed by atoms with E-state index in [0.717, 1.165) is 0 Å². The number of pyridine rings is 1. The first-order valence-electron chi connectivity index (χ1n) is 8.82. The van der Waals surface area contributed by atoms with Crippen molar-refractivity contribution in [2.45, 2.75) is 51.0 Å². The van der Waals surface area contributed by atoms with E-state index < -0.39 is 12.2 Å². The fraction of sp³-hybridized carbons (Fsp3) is 0.474. The van der Waals surface area contributed by atoms with Crippen molar-refractivity contribution >= 4 is 28.4 Å². The number of carbonyl (C=O) groups is 1. The Balaban J connectivity index is 0.00000300. The Kier molecular flexibility index (Phi) is 6.02. The lowest BCUT2D eigenvalue weighted by Crippen LogP contribution is -2.48. The van der Waals surface area contributed by atoms with E-state index in [0.29, 0.717) is 35.9 Å². The van der Waals surface area contributed by atoms with Crippen LogP contribution in [0.3, 0.4) is 0 Å². The second kappa shape index (κ2) is 8.14.